The Kier molecular flexibility index (Phi) is 36.9. The summed E-state index contributed by atoms with van der Waals surface area (Å²) in [7, 11) is 1.56. The third-order valence-electron chi connectivity index (χ3n) is 10.4. The number of rotatable bonds is 42. The van der Waals surface area contributed by atoms with Crippen LogP contribution >= 0.6 is 7.82 Å². The van der Waals surface area contributed by atoms with Gasteiger partial charge in [-0.3, -0.25) is 4.57 Å². The maximum atomic E-state index is 12.4. The van der Waals surface area contributed by atoms with Gasteiger partial charge in [0, 0.05) is 0 Å². The summed E-state index contributed by atoms with van der Waals surface area (Å²) in [6, 6.07) is -0.419. The number of quaternary nitrogens is 1. The van der Waals surface area contributed by atoms with Gasteiger partial charge in [-0.1, -0.05) is 206 Å². The lowest BCUT2D eigenvalue weighted by Crippen LogP contribution is -2.44. The number of phosphoric ester groups is 1. The van der Waals surface area contributed by atoms with Crippen molar-refractivity contribution in [2.24, 2.45) is 0 Å². The van der Waals surface area contributed by atoms with Gasteiger partial charge in [-0.05, 0) is 19.4 Å². The van der Waals surface area contributed by atoms with Crippen LogP contribution in [-0.4, -0.2) is 69.2 Å². The minimum atomic E-state index is -4.42. The van der Waals surface area contributed by atoms with Crippen LogP contribution in [0.25, 0.3) is 0 Å². The standard InChI is InChI=1S/C43H91N2O5P/c1-6-8-10-12-14-16-18-20-21-22-23-24-26-28-30-32-34-36-38-44-42(41-50-51(47,48)49-40-39-45(3,4)5)43(46)37-35-33-31-29-27-25-19-17-15-13-11-9-7-2/h42-44,46H,6-41H2,1-5H3/t42-,43+/m1/s1. The van der Waals surface area contributed by atoms with Crippen LogP contribution in [0.2, 0.25) is 0 Å². The van der Waals surface area contributed by atoms with E-state index in [2.05, 4.69) is 19.2 Å². The quantitative estimate of drug-likeness (QED) is 0.0367. The van der Waals surface area contributed by atoms with Gasteiger partial charge in [-0.25, -0.2) is 0 Å². The van der Waals surface area contributed by atoms with E-state index in [4.69, 9.17) is 9.05 Å². The van der Waals surface area contributed by atoms with E-state index in [0.717, 1.165) is 32.2 Å². The number of phosphoric acid groups is 1. The van der Waals surface area contributed by atoms with E-state index in [1.54, 1.807) is 0 Å². The summed E-state index contributed by atoms with van der Waals surface area (Å²) >= 11 is 0. The molecule has 0 aliphatic heterocycles. The van der Waals surface area contributed by atoms with Crippen molar-refractivity contribution in [3.8, 4) is 0 Å². The van der Waals surface area contributed by atoms with Crippen molar-refractivity contribution in [1.82, 2.24) is 5.32 Å². The second-order valence-electron chi connectivity index (χ2n) is 16.8. The maximum Gasteiger partial charge on any atom is 0.268 e. The van der Waals surface area contributed by atoms with E-state index in [1.807, 2.05) is 21.1 Å². The molecule has 3 atom stereocenters. The lowest BCUT2D eigenvalue weighted by molar-refractivity contribution is -0.870. The van der Waals surface area contributed by atoms with Crippen LogP contribution in [0.15, 0.2) is 0 Å². The van der Waals surface area contributed by atoms with E-state index in [9.17, 15) is 14.6 Å². The lowest BCUT2D eigenvalue weighted by atomic mass is 10.0. The minimum absolute atomic E-state index is 0.0865. The van der Waals surface area contributed by atoms with Gasteiger partial charge in [-0.15, -0.1) is 0 Å². The first-order chi connectivity index (χ1) is 24.6. The number of unbranched alkanes of at least 4 members (excludes halogenated alkanes) is 29. The summed E-state index contributed by atoms with van der Waals surface area (Å²) in [4.78, 5) is 12.4. The molecule has 0 rings (SSSR count). The van der Waals surface area contributed by atoms with E-state index in [1.165, 1.54) is 173 Å². The molecule has 0 bridgehead atoms. The molecule has 0 aromatic rings. The second-order valence-corrected chi connectivity index (χ2v) is 18.2. The van der Waals surface area contributed by atoms with Gasteiger partial charge in [0.05, 0.1) is 39.9 Å². The summed E-state index contributed by atoms with van der Waals surface area (Å²) in [5.74, 6) is 0. The molecule has 0 aromatic heterocycles. The van der Waals surface area contributed by atoms with Crippen LogP contribution in [0.5, 0.6) is 0 Å². The Hall–Kier alpha value is -0.0100. The predicted molar refractivity (Wildman–Crippen MR) is 219 cm³/mol. The molecule has 0 fully saturated rings. The van der Waals surface area contributed by atoms with Gasteiger partial charge in [-0.2, -0.15) is 0 Å². The first kappa shape index (κ1) is 51.0. The molecule has 8 heteroatoms. The third kappa shape index (κ3) is 39.5. The average Bonchev–Trinajstić information content (AvgIpc) is 3.08. The number of aliphatic hydroxyl groups excluding tert-OH is 1. The SMILES string of the molecule is CCCCCCCCCCCCCCCCCCCCN[C@H](COP(=O)([O-])OCC[N+](C)(C)C)[C@@H](O)CCCCCCCCCCCCCCC. The fraction of sp³-hybridized carbons (Fsp3) is 1.00. The smallest absolute Gasteiger partial charge is 0.268 e. The number of likely N-dealkylation sites (N-methyl/N-ethyl adjacent to an activating group) is 1. The summed E-state index contributed by atoms with van der Waals surface area (Å²) in [5.41, 5.74) is 0. The Balaban J connectivity index is 4.17. The van der Waals surface area contributed by atoms with E-state index >= 15 is 0 Å². The van der Waals surface area contributed by atoms with E-state index in [-0.39, 0.29) is 13.2 Å². The van der Waals surface area contributed by atoms with Crippen molar-refractivity contribution < 1.29 is 28.1 Å². The van der Waals surface area contributed by atoms with Gasteiger partial charge >= 0.3 is 0 Å². The Bertz CT molecular complexity index is 750. The maximum absolute atomic E-state index is 12.4. The second kappa shape index (κ2) is 36.9. The zero-order valence-electron chi connectivity index (χ0n) is 35.1. The van der Waals surface area contributed by atoms with Crippen LogP contribution in [0.1, 0.15) is 219 Å². The molecule has 7 nitrogen and oxygen atoms in total. The van der Waals surface area contributed by atoms with Crippen molar-refractivity contribution >= 4 is 7.82 Å². The molecule has 0 aliphatic rings. The molecule has 1 unspecified atom stereocenters. The van der Waals surface area contributed by atoms with Crippen LogP contribution in [0, 0.1) is 0 Å². The van der Waals surface area contributed by atoms with Gasteiger partial charge < -0.3 is 28.8 Å². The molecule has 308 valence electrons. The predicted octanol–water partition coefficient (Wildman–Crippen LogP) is 12.0. The monoisotopic (exact) mass is 747 g/mol. The fourth-order valence-electron chi connectivity index (χ4n) is 6.83. The number of hydrogen-bond donors (Lipinski definition) is 2. The highest BCUT2D eigenvalue weighted by molar-refractivity contribution is 7.45. The van der Waals surface area contributed by atoms with Crippen molar-refractivity contribution in [2.75, 3.05) is 47.4 Å². The van der Waals surface area contributed by atoms with Crippen LogP contribution in [0.4, 0.5) is 0 Å². The molecule has 0 saturated heterocycles. The summed E-state index contributed by atoms with van der Waals surface area (Å²) in [6.07, 6.45) is 41.1. The molecule has 0 saturated carbocycles. The van der Waals surface area contributed by atoms with Crippen molar-refractivity contribution in [3.05, 3.63) is 0 Å². The molecule has 0 heterocycles. The van der Waals surface area contributed by atoms with Gasteiger partial charge in [0.25, 0.3) is 7.82 Å². The summed E-state index contributed by atoms with van der Waals surface area (Å²) < 4.78 is 23.5. The van der Waals surface area contributed by atoms with Gasteiger partial charge in [0.2, 0.25) is 0 Å². The average molecular weight is 747 g/mol. The zero-order chi connectivity index (χ0) is 37.7. The molecular formula is C43H91N2O5P. The van der Waals surface area contributed by atoms with Crippen molar-refractivity contribution in [1.29, 1.82) is 0 Å². The van der Waals surface area contributed by atoms with E-state index < -0.39 is 20.0 Å². The molecule has 0 aromatic carbocycles. The number of nitrogens with one attached hydrogen (secondary N) is 1. The summed E-state index contributed by atoms with van der Waals surface area (Å²) in [5, 5.41) is 14.5. The first-order valence-electron chi connectivity index (χ1n) is 22.4. The Labute approximate surface area is 319 Å². The van der Waals surface area contributed by atoms with Crippen molar-refractivity contribution in [3.63, 3.8) is 0 Å². The van der Waals surface area contributed by atoms with Gasteiger partial charge in [0.15, 0.2) is 0 Å². The molecule has 0 amide bonds. The molecule has 0 radical (unpaired) electrons. The Morgan fingerprint density at radius 1 is 0.549 bits per heavy atom. The highest BCUT2D eigenvalue weighted by Gasteiger charge is 2.22. The minimum Gasteiger partial charge on any atom is -0.756 e. The highest BCUT2D eigenvalue weighted by Crippen LogP contribution is 2.38. The Morgan fingerprint density at radius 3 is 1.24 bits per heavy atom. The first-order valence-corrected chi connectivity index (χ1v) is 23.9. The van der Waals surface area contributed by atoms with E-state index in [0.29, 0.717) is 17.4 Å². The molecule has 0 spiro atoms. The fourth-order valence-corrected chi connectivity index (χ4v) is 7.55. The van der Waals surface area contributed by atoms with Crippen LogP contribution in [-0.2, 0) is 13.6 Å². The Morgan fingerprint density at radius 2 is 0.882 bits per heavy atom. The highest BCUT2D eigenvalue weighted by atomic mass is 31.2. The zero-order valence-corrected chi connectivity index (χ0v) is 36.0. The molecule has 2 N–H and O–H groups in total. The number of nitrogens with zero attached hydrogens (tertiary/aromatic N) is 1. The largest absolute Gasteiger partial charge is 0.756 e. The third-order valence-corrected chi connectivity index (χ3v) is 11.4. The summed E-state index contributed by atoms with van der Waals surface area (Å²) in [6.45, 7) is 5.88. The number of aliphatic hydroxyl groups is 1. The lowest BCUT2D eigenvalue weighted by Gasteiger charge is -2.30. The normalized spacial score (nSPS) is 14.6. The molecular weight excluding hydrogens is 655 g/mol. The molecule has 0 aliphatic carbocycles. The number of hydrogen-bond acceptors (Lipinski definition) is 6. The van der Waals surface area contributed by atoms with Crippen LogP contribution in [0.3, 0.4) is 0 Å². The van der Waals surface area contributed by atoms with Crippen molar-refractivity contribution in [2.45, 2.75) is 231 Å². The van der Waals surface area contributed by atoms with Crippen LogP contribution < -0.4 is 10.2 Å². The van der Waals surface area contributed by atoms with Gasteiger partial charge in [0.1, 0.15) is 13.2 Å². The molecule has 51 heavy (non-hydrogen) atoms. The topological polar surface area (TPSA) is 90.9 Å².